The predicted octanol–water partition coefficient (Wildman–Crippen LogP) is 1.98. The van der Waals surface area contributed by atoms with E-state index in [2.05, 4.69) is 5.32 Å². The van der Waals surface area contributed by atoms with Crippen LogP contribution >= 0.6 is 0 Å². The van der Waals surface area contributed by atoms with Gasteiger partial charge in [0.2, 0.25) is 0 Å². The number of aryl methyl sites for hydroxylation is 1. The molecule has 0 radical (unpaired) electrons. The first-order valence-electron chi connectivity index (χ1n) is 5.71. The monoisotopic (exact) mass is 209 g/mol. The van der Waals surface area contributed by atoms with E-state index < -0.39 is 0 Å². The standard InChI is InChI=1S/C12H19NO2/c1-9-5-6-12(15-9)8-13-10-3-2-4-11(14)7-10/h5-6,10-11,13-14H,2-4,7-8H2,1H3. The Hall–Kier alpha value is -0.800. The van der Waals surface area contributed by atoms with Gasteiger partial charge in [0.15, 0.2) is 0 Å². The lowest BCUT2D eigenvalue weighted by Gasteiger charge is -2.26. The number of hydrogen-bond acceptors (Lipinski definition) is 3. The molecular weight excluding hydrogens is 190 g/mol. The van der Waals surface area contributed by atoms with Gasteiger partial charge in [-0.2, -0.15) is 0 Å². The summed E-state index contributed by atoms with van der Waals surface area (Å²) in [5.41, 5.74) is 0. The molecule has 2 atom stereocenters. The van der Waals surface area contributed by atoms with Gasteiger partial charge in [-0.3, -0.25) is 0 Å². The summed E-state index contributed by atoms with van der Waals surface area (Å²) >= 11 is 0. The highest BCUT2D eigenvalue weighted by Crippen LogP contribution is 2.18. The molecular formula is C12H19NO2. The van der Waals surface area contributed by atoms with Crippen molar-refractivity contribution in [3.63, 3.8) is 0 Å². The maximum absolute atomic E-state index is 9.52. The molecule has 1 heterocycles. The topological polar surface area (TPSA) is 45.4 Å². The Balaban J connectivity index is 1.77. The van der Waals surface area contributed by atoms with Crippen LogP contribution in [0.5, 0.6) is 0 Å². The maximum Gasteiger partial charge on any atom is 0.117 e. The molecule has 2 unspecified atom stereocenters. The third-order valence-electron chi connectivity index (χ3n) is 3.01. The molecule has 3 nitrogen and oxygen atoms in total. The molecule has 0 amide bonds. The largest absolute Gasteiger partial charge is 0.465 e. The molecule has 1 aromatic heterocycles. The Labute approximate surface area is 90.5 Å². The number of aliphatic hydroxyl groups excluding tert-OH is 1. The molecule has 2 N–H and O–H groups in total. The summed E-state index contributed by atoms with van der Waals surface area (Å²) in [6.07, 6.45) is 4.00. The third kappa shape index (κ3) is 3.08. The van der Waals surface area contributed by atoms with Gasteiger partial charge in [-0.05, 0) is 44.7 Å². The molecule has 1 aliphatic carbocycles. The normalized spacial score (nSPS) is 26.8. The summed E-state index contributed by atoms with van der Waals surface area (Å²) in [6.45, 7) is 2.72. The van der Waals surface area contributed by atoms with Gasteiger partial charge >= 0.3 is 0 Å². The van der Waals surface area contributed by atoms with E-state index in [0.717, 1.165) is 43.7 Å². The highest BCUT2D eigenvalue weighted by Gasteiger charge is 2.19. The van der Waals surface area contributed by atoms with Crippen LogP contribution in [-0.2, 0) is 6.54 Å². The van der Waals surface area contributed by atoms with Gasteiger partial charge in [0.25, 0.3) is 0 Å². The van der Waals surface area contributed by atoms with Gasteiger partial charge in [-0.1, -0.05) is 0 Å². The van der Waals surface area contributed by atoms with Crippen molar-refractivity contribution in [3.8, 4) is 0 Å². The highest BCUT2D eigenvalue weighted by molar-refractivity contribution is 5.05. The van der Waals surface area contributed by atoms with E-state index in [-0.39, 0.29) is 6.10 Å². The molecule has 15 heavy (non-hydrogen) atoms. The number of aliphatic hydroxyl groups is 1. The van der Waals surface area contributed by atoms with E-state index in [4.69, 9.17) is 4.42 Å². The van der Waals surface area contributed by atoms with Crippen LogP contribution in [-0.4, -0.2) is 17.3 Å². The van der Waals surface area contributed by atoms with Gasteiger partial charge in [0.05, 0.1) is 12.6 Å². The molecule has 1 aromatic rings. The Morgan fingerprint density at radius 3 is 3.00 bits per heavy atom. The van der Waals surface area contributed by atoms with E-state index in [0.29, 0.717) is 6.04 Å². The molecule has 0 aromatic carbocycles. The minimum absolute atomic E-state index is 0.116. The summed E-state index contributed by atoms with van der Waals surface area (Å²) in [4.78, 5) is 0. The average molecular weight is 209 g/mol. The minimum atomic E-state index is -0.116. The fraction of sp³-hybridized carbons (Fsp3) is 0.667. The Morgan fingerprint density at radius 2 is 2.33 bits per heavy atom. The summed E-state index contributed by atoms with van der Waals surface area (Å²) in [7, 11) is 0. The lowest BCUT2D eigenvalue weighted by molar-refractivity contribution is 0.111. The van der Waals surface area contributed by atoms with Crippen molar-refractivity contribution in [3.05, 3.63) is 23.7 Å². The van der Waals surface area contributed by atoms with E-state index in [1.807, 2.05) is 19.1 Å². The second-order valence-corrected chi connectivity index (χ2v) is 4.41. The smallest absolute Gasteiger partial charge is 0.117 e. The van der Waals surface area contributed by atoms with Gasteiger partial charge < -0.3 is 14.8 Å². The van der Waals surface area contributed by atoms with Crippen molar-refractivity contribution in [1.29, 1.82) is 0 Å². The van der Waals surface area contributed by atoms with Crippen LogP contribution in [0.1, 0.15) is 37.2 Å². The second kappa shape index (κ2) is 4.81. The summed E-state index contributed by atoms with van der Waals surface area (Å²) in [5, 5.41) is 12.9. The van der Waals surface area contributed by atoms with E-state index in [1.165, 1.54) is 0 Å². The van der Waals surface area contributed by atoms with E-state index >= 15 is 0 Å². The Bertz CT molecular complexity index is 308. The van der Waals surface area contributed by atoms with Crippen LogP contribution in [0.2, 0.25) is 0 Å². The fourth-order valence-electron chi connectivity index (χ4n) is 2.17. The molecule has 84 valence electrons. The third-order valence-corrected chi connectivity index (χ3v) is 3.01. The van der Waals surface area contributed by atoms with Crippen LogP contribution in [0.15, 0.2) is 16.5 Å². The predicted molar refractivity (Wildman–Crippen MR) is 58.5 cm³/mol. The lowest BCUT2D eigenvalue weighted by Crippen LogP contribution is -2.35. The zero-order valence-corrected chi connectivity index (χ0v) is 9.20. The van der Waals surface area contributed by atoms with Gasteiger partial charge in [-0.25, -0.2) is 0 Å². The Kier molecular flexibility index (Phi) is 3.44. The summed E-state index contributed by atoms with van der Waals surface area (Å²) < 4.78 is 5.48. The molecule has 0 saturated heterocycles. The lowest BCUT2D eigenvalue weighted by atomic mass is 9.93. The van der Waals surface area contributed by atoms with Gasteiger partial charge in [0, 0.05) is 6.04 Å². The molecule has 2 rings (SSSR count). The number of rotatable bonds is 3. The van der Waals surface area contributed by atoms with Crippen LogP contribution in [0.3, 0.4) is 0 Å². The van der Waals surface area contributed by atoms with Gasteiger partial charge in [0.1, 0.15) is 11.5 Å². The zero-order chi connectivity index (χ0) is 10.7. The van der Waals surface area contributed by atoms with E-state index in [9.17, 15) is 5.11 Å². The molecule has 1 fully saturated rings. The van der Waals surface area contributed by atoms with Crippen molar-refractivity contribution in [2.45, 2.75) is 51.3 Å². The number of furan rings is 1. The highest BCUT2D eigenvalue weighted by atomic mass is 16.3. The number of hydrogen-bond donors (Lipinski definition) is 2. The fourth-order valence-corrected chi connectivity index (χ4v) is 2.17. The van der Waals surface area contributed by atoms with Gasteiger partial charge in [-0.15, -0.1) is 0 Å². The van der Waals surface area contributed by atoms with Crippen molar-refractivity contribution < 1.29 is 9.52 Å². The summed E-state index contributed by atoms with van der Waals surface area (Å²) in [6, 6.07) is 4.42. The molecule has 3 heteroatoms. The van der Waals surface area contributed by atoms with E-state index in [1.54, 1.807) is 0 Å². The molecule has 1 aliphatic rings. The summed E-state index contributed by atoms with van der Waals surface area (Å²) in [5.74, 6) is 1.93. The van der Waals surface area contributed by atoms with Crippen LogP contribution < -0.4 is 5.32 Å². The average Bonchev–Trinajstić information content (AvgIpc) is 2.62. The van der Waals surface area contributed by atoms with Crippen molar-refractivity contribution in [1.82, 2.24) is 5.32 Å². The molecule has 1 saturated carbocycles. The Morgan fingerprint density at radius 1 is 1.47 bits per heavy atom. The number of nitrogens with one attached hydrogen (secondary N) is 1. The molecule has 0 aliphatic heterocycles. The second-order valence-electron chi connectivity index (χ2n) is 4.41. The van der Waals surface area contributed by atoms with Crippen molar-refractivity contribution >= 4 is 0 Å². The minimum Gasteiger partial charge on any atom is -0.465 e. The van der Waals surface area contributed by atoms with Crippen LogP contribution in [0, 0.1) is 6.92 Å². The first kappa shape index (κ1) is 10.7. The first-order chi connectivity index (χ1) is 7.24. The van der Waals surface area contributed by atoms with Crippen molar-refractivity contribution in [2.75, 3.05) is 0 Å². The molecule has 0 bridgehead atoms. The van der Waals surface area contributed by atoms with Crippen LogP contribution in [0.25, 0.3) is 0 Å². The quantitative estimate of drug-likeness (QED) is 0.800. The first-order valence-corrected chi connectivity index (χ1v) is 5.71. The maximum atomic E-state index is 9.52. The zero-order valence-electron chi connectivity index (χ0n) is 9.20. The molecule has 0 spiro atoms. The van der Waals surface area contributed by atoms with Crippen LogP contribution in [0.4, 0.5) is 0 Å². The SMILES string of the molecule is Cc1ccc(CNC2CCCC(O)C2)o1. The van der Waals surface area contributed by atoms with Crippen molar-refractivity contribution in [2.24, 2.45) is 0 Å².